The van der Waals surface area contributed by atoms with E-state index in [0.29, 0.717) is 0 Å². The predicted molar refractivity (Wildman–Crippen MR) is 465 cm³/mol. The third-order valence-electron chi connectivity index (χ3n) is 0. The second kappa shape index (κ2) is 0. The Balaban J connectivity index is -0.00000000539. The maximum absolute atomic E-state index is 2.00. The molecule has 0 heteroatoms. The fraction of sp³-hybridized carbons (Fsp3) is 1.00. The van der Waals surface area contributed by atoms with Crippen molar-refractivity contribution in [3.63, 3.8) is 0 Å². The van der Waals surface area contributed by atoms with E-state index in [0.717, 1.165) is 0 Å². The lowest BCUT2D eigenvalue weighted by molar-refractivity contribution is 1.50. The molecule has 0 spiro atoms. The largest absolute Gasteiger partial charge is 0.0683 e. The molecular weight excluding hydrogens is 985 g/mol. The fourth-order valence-corrected chi connectivity index (χ4v) is 0. The van der Waals surface area contributed by atoms with E-state index in [1.807, 2.05) is 568 Å². The van der Waals surface area contributed by atoms with E-state index in [1.54, 1.807) is 0 Å². The molecule has 82 heavy (non-hydrogen) atoms. The van der Waals surface area contributed by atoms with Gasteiger partial charge in [-0.15, -0.1) is 0 Å². The highest BCUT2D eigenvalue weighted by Gasteiger charge is 1.01. The van der Waals surface area contributed by atoms with Crippen molar-refractivity contribution in [1.29, 1.82) is 0 Å². The molecule has 0 N–H and O–H groups in total. The van der Waals surface area contributed by atoms with E-state index in [4.69, 9.17) is 0 Å². The van der Waals surface area contributed by atoms with Gasteiger partial charge in [0.05, 0.1) is 0 Å². The first-order valence-corrected chi connectivity index (χ1v) is 41.0. The molecule has 0 saturated heterocycles. The van der Waals surface area contributed by atoms with Crippen molar-refractivity contribution in [1.82, 2.24) is 0 Å². The summed E-state index contributed by atoms with van der Waals surface area (Å²) >= 11 is 0. The SMILES string of the molecule is CC.CC.CC.CC.CC.CC.CC.CC.CC.CC.CC.CC.CC.CC.CC.CC.CC.CC.CC.CC.CC.CC.CC.CC.CC.CC.CC.CC.CC.CC.CC.CC.CC.CC.CC.CC.CC.CC.CC.CC.CC. The van der Waals surface area contributed by atoms with E-state index in [-0.39, 0.29) is 0 Å². The highest BCUT2D eigenvalue weighted by atomic mass is 13.1. The Bertz CT molecular complexity index is 0. The minimum atomic E-state index is 2.00. The van der Waals surface area contributed by atoms with Gasteiger partial charge >= 0.3 is 0 Å². The molecular formula is C82H246. The summed E-state index contributed by atoms with van der Waals surface area (Å²) in [6, 6.07) is 0. The second-order valence-corrected chi connectivity index (χ2v) is 0. The fourth-order valence-electron chi connectivity index (χ4n) is 0. The van der Waals surface area contributed by atoms with Crippen LogP contribution in [0, 0.1) is 0 Å². The first kappa shape index (κ1) is 320. The van der Waals surface area contributed by atoms with Crippen molar-refractivity contribution in [3.8, 4) is 0 Å². The zero-order chi connectivity index (χ0) is 82.0. The summed E-state index contributed by atoms with van der Waals surface area (Å²) < 4.78 is 0. The third-order valence-corrected chi connectivity index (χ3v) is 0. The van der Waals surface area contributed by atoms with Gasteiger partial charge in [-0.05, 0) is 0 Å². The van der Waals surface area contributed by atoms with Crippen LogP contribution in [0.5, 0.6) is 0 Å². The Morgan fingerprint density at radius 3 is 0.0244 bits per heavy atom. The summed E-state index contributed by atoms with van der Waals surface area (Å²) in [4.78, 5) is 0. The van der Waals surface area contributed by atoms with E-state index < -0.39 is 0 Å². The lowest BCUT2D eigenvalue weighted by atomic mass is 11.0. The molecule has 0 nitrogen and oxygen atoms in total. The highest BCUT2D eigenvalue weighted by molar-refractivity contribution is 3.58. The van der Waals surface area contributed by atoms with Crippen LogP contribution in [0.25, 0.3) is 0 Å². The molecule has 0 aromatic rings. The lowest BCUT2D eigenvalue weighted by Gasteiger charge is -1.07. The number of hydrogen-bond donors (Lipinski definition) is 0. The zero-order valence-corrected chi connectivity index (χ0v) is 82.0. The third kappa shape index (κ3) is 0. The van der Waals surface area contributed by atoms with Crippen LogP contribution < -0.4 is 0 Å². The molecule has 0 radical (unpaired) electrons. The van der Waals surface area contributed by atoms with Gasteiger partial charge in [-0.25, -0.2) is 0 Å². The maximum Gasteiger partial charge on any atom is -0.0683 e. The van der Waals surface area contributed by atoms with Crippen molar-refractivity contribution in [2.45, 2.75) is 568 Å². The number of hydrogen-bond acceptors (Lipinski definition) is 0. The van der Waals surface area contributed by atoms with Crippen LogP contribution in [-0.4, -0.2) is 0 Å². The molecule has 0 atom stereocenters. The number of rotatable bonds is 0. The smallest absolute Gasteiger partial charge is 0.0683 e. The molecule has 0 saturated carbocycles. The van der Waals surface area contributed by atoms with Gasteiger partial charge in [-0.2, -0.15) is 0 Å². The Labute approximate surface area is 565 Å². The van der Waals surface area contributed by atoms with Gasteiger partial charge < -0.3 is 0 Å². The van der Waals surface area contributed by atoms with Gasteiger partial charge in [0.2, 0.25) is 0 Å². The minimum absolute atomic E-state index is 2.00. The summed E-state index contributed by atoms with van der Waals surface area (Å²) in [5.74, 6) is 0. The van der Waals surface area contributed by atoms with Crippen LogP contribution in [0.15, 0.2) is 0 Å². The Kier molecular flexibility index (Phi) is 0. The van der Waals surface area contributed by atoms with Crippen molar-refractivity contribution < 1.29 is 0 Å². The average molecular weight is 1230 g/mol. The molecule has 0 aliphatic heterocycles. The molecule has 0 unspecified atom stereocenters. The van der Waals surface area contributed by atoms with Crippen LogP contribution in [0.1, 0.15) is 568 Å². The van der Waals surface area contributed by atoms with Gasteiger partial charge in [0.1, 0.15) is 0 Å². The Morgan fingerprint density at radius 2 is 0.0244 bits per heavy atom. The van der Waals surface area contributed by atoms with Crippen LogP contribution in [0.3, 0.4) is 0 Å². The summed E-state index contributed by atoms with van der Waals surface area (Å²) in [6.45, 7) is 164. The summed E-state index contributed by atoms with van der Waals surface area (Å²) in [5, 5.41) is 0. The first-order chi connectivity index (χ1) is 41.0. The van der Waals surface area contributed by atoms with Gasteiger partial charge in [-0.3, -0.25) is 0 Å². The normalized spacial score (nSPS) is 3.00. The second-order valence-electron chi connectivity index (χ2n) is 0. The Hall–Kier alpha value is 0. The first-order valence-electron chi connectivity index (χ1n) is 41.0. The summed E-state index contributed by atoms with van der Waals surface area (Å²) in [6.07, 6.45) is 0. The topological polar surface area (TPSA) is 0 Å². The Morgan fingerprint density at radius 1 is 0.0244 bits per heavy atom. The molecule has 0 heterocycles. The van der Waals surface area contributed by atoms with E-state index in [9.17, 15) is 0 Å². The van der Waals surface area contributed by atoms with Crippen LogP contribution >= 0.6 is 0 Å². The van der Waals surface area contributed by atoms with Gasteiger partial charge in [0, 0.05) is 0 Å². The monoisotopic (exact) mass is 1230 g/mol. The molecule has 0 bridgehead atoms. The van der Waals surface area contributed by atoms with Crippen LogP contribution in [0.4, 0.5) is 0 Å². The van der Waals surface area contributed by atoms with Gasteiger partial charge in [0.15, 0.2) is 0 Å². The summed E-state index contributed by atoms with van der Waals surface area (Å²) in [5.41, 5.74) is 0. The quantitative estimate of drug-likeness (QED) is 0.227. The van der Waals surface area contributed by atoms with E-state index in [1.165, 1.54) is 0 Å². The van der Waals surface area contributed by atoms with Crippen molar-refractivity contribution in [3.05, 3.63) is 0 Å². The molecule has 0 aromatic carbocycles. The van der Waals surface area contributed by atoms with Crippen LogP contribution in [-0.2, 0) is 0 Å². The maximum atomic E-state index is 2.00. The van der Waals surface area contributed by atoms with Crippen molar-refractivity contribution >= 4 is 0 Å². The standard InChI is InChI=1S/41C2H6/c41*1-2/h41*1-2H3. The van der Waals surface area contributed by atoms with Gasteiger partial charge in [-0.1, -0.05) is 568 Å². The molecule has 0 aromatic heterocycles. The van der Waals surface area contributed by atoms with E-state index >= 15 is 0 Å². The molecule has 0 amide bonds. The highest BCUT2D eigenvalue weighted by Crippen LogP contribution is 1.22. The molecule has 0 fully saturated rings. The molecule has 574 valence electrons. The van der Waals surface area contributed by atoms with Crippen molar-refractivity contribution in [2.24, 2.45) is 0 Å². The summed E-state index contributed by atoms with van der Waals surface area (Å²) in [7, 11) is 0. The zero-order valence-electron chi connectivity index (χ0n) is 82.0. The van der Waals surface area contributed by atoms with Gasteiger partial charge in [0.25, 0.3) is 0 Å². The lowest BCUT2D eigenvalue weighted by Crippen LogP contribution is -0.856. The van der Waals surface area contributed by atoms with E-state index in [2.05, 4.69) is 0 Å². The van der Waals surface area contributed by atoms with Crippen LogP contribution in [0.2, 0.25) is 0 Å². The molecule has 0 aliphatic rings. The average Bonchev–Trinajstić information content (AvgIpc) is 3.73. The molecule has 0 rings (SSSR count). The minimum Gasteiger partial charge on any atom is -0.0683 e. The van der Waals surface area contributed by atoms with Crippen molar-refractivity contribution in [2.75, 3.05) is 0 Å². The molecule has 0 aliphatic carbocycles. The predicted octanol–water partition coefficient (Wildman–Crippen LogP) is 42.1.